The predicted octanol–water partition coefficient (Wildman–Crippen LogP) is 4.30. The van der Waals surface area contributed by atoms with Crippen molar-refractivity contribution < 1.29 is 23.0 Å². The monoisotopic (exact) mass is 481 g/mol. The van der Waals surface area contributed by atoms with Crippen LogP contribution in [0.4, 0.5) is 18.9 Å². The summed E-state index contributed by atoms with van der Waals surface area (Å²) in [6.45, 7) is 6.90. The standard InChI is InChI=1S/C24H34F3N5O2/c1-14-9-20(22(32-28)34-13-30-15-5-7-17(33)8-6-15)31-21-18(14)10-16(29-12-24(25,26)27)11-19(21)23(2,3)4/h9-11,15,17,29-30,33H,5-8,12-13,28H2,1-4H3/b32-22-. The number of nitrogens with one attached hydrogen (secondary N) is 2. The van der Waals surface area contributed by atoms with Crippen LogP contribution in [0.1, 0.15) is 63.3 Å². The van der Waals surface area contributed by atoms with Crippen LogP contribution in [0, 0.1) is 6.92 Å². The molecule has 1 aliphatic rings. The van der Waals surface area contributed by atoms with E-state index in [2.05, 4.69) is 15.7 Å². The molecule has 0 spiro atoms. The highest BCUT2D eigenvalue weighted by Gasteiger charge is 2.28. The van der Waals surface area contributed by atoms with Gasteiger partial charge >= 0.3 is 6.18 Å². The molecular weight excluding hydrogens is 447 g/mol. The fourth-order valence-corrected chi connectivity index (χ4v) is 4.16. The summed E-state index contributed by atoms with van der Waals surface area (Å²) < 4.78 is 44.1. The molecule has 1 aromatic heterocycles. The lowest BCUT2D eigenvalue weighted by Gasteiger charge is -2.26. The number of hydrogen-bond donors (Lipinski definition) is 4. The van der Waals surface area contributed by atoms with Crippen molar-refractivity contribution in [2.24, 2.45) is 10.9 Å². The first kappa shape index (κ1) is 26.0. The Hall–Kier alpha value is -2.59. The first-order valence-corrected chi connectivity index (χ1v) is 11.5. The van der Waals surface area contributed by atoms with Gasteiger partial charge in [0.05, 0.1) is 11.6 Å². The Bertz CT molecular complexity index is 1030. The van der Waals surface area contributed by atoms with Gasteiger partial charge < -0.3 is 21.0 Å². The molecule has 0 saturated heterocycles. The van der Waals surface area contributed by atoms with Gasteiger partial charge in [-0.2, -0.15) is 13.2 Å². The van der Waals surface area contributed by atoms with E-state index in [4.69, 9.17) is 15.6 Å². The molecule has 7 nitrogen and oxygen atoms in total. The average Bonchev–Trinajstić information content (AvgIpc) is 2.75. The molecule has 0 aliphatic heterocycles. The summed E-state index contributed by atoms with van der Waals surface area (Å²) >= 11 is 0. The SMILES string of the molecule is Cc1cc(/C(=N/N)OCNC2CCC(O)CC2)nc2c(C(C)(C)C)cc(NCC(F)(F)F)cc12. The maximum atomic E-state index is 12.8. The predicted molar refractivity (Wildman–Crippen MR) is 128 cm³/mol. The zero-order chi connectivity index (χ0) is 25.1. The molecule has 1 aromatic carbocycles. The fourth-order valence-electron chi connectivity index (χ4n) is 4.16. The lowest BCUT2D eigenvalue weighted by atomic mass is 9.84. The molecule has 2 aromatic rings. The van der Waals surface area contributed by atoms with Crippen molar-refractivity contribution in [1.82, 2.24) is 10.3 Å². The van der Waals surface area contributed by atoms with E-state index in [1.54, 1.807) is 18.2 Å². The number of nitrogens with zero attached hydrogens (tertiary/aromatic N) is 2. The Morgan fingerprint density at radius 3 is 2.44 bits per heavy atom. The third-order valence-corrected chi connectivity index (χ3v) is 6.04. The number of aliphatic hydroxyl groups excluding tert-OH is 1. The molecule has 3 rings (SSSR count). The summed E-state index contributed by atoms with van der Waals surface area (Å²) in [5.74, 6) is 5.78. The minimum absolute atomic E-state index is 0.174. The van der Waals surface area contributed by atoms with Crippen LogP contribution in [0.25, 0.3) is 10.9 Å². The molecule has 0 atom stereocenters. The van der Waals surface area contributed by atoms with Crippen molar-refractivity contribution in [1.29, 1.82) is 0 Å². The number of benzene rings is 1. The molecule has 1 fully saturated rings. The Kier molecular flexibility index (Phi) is 7.92. The zero-order valence-corrected chi connectivity index (χ0v) is 20.1. The van der Waals surface area contributed by atoms with Gasteiger partial charge in [0, 0.05) is 17.1 Å². The number of aryl methyl sites for hydroxylation is 1. The highest BCUT2D eigenvalue weighted by Crippen LogP contribution is 2.34. The van der Waals surface area contributed by atoms with Gasteiger partial charge in [-0.25, -0.2) is 4.98 Å². The average molecular weight is 482 g/mol. The second kappa shape index (κ2) is 10.4. The quantitative estimate of drug-likeness (QED) is 0.161. The highest BCUT2D eigenvalue weighted by atomic mass is 19.4. The van der Waals surface area contributed by atoms with E-state index in [0.717, 1.165) is 42.2 Å². The number of nitrogens with two attached hydrogens (primary N) is 1. The fraction of sp³-hybridized carbons (Fsp3) is 0.583. The molecule has 0 amide bonds. The van der Waals surface area contributed by atoms with Crippen molar-refractivity contribution in [2.75, 3.05) is 18.6 Å². The molecule has 0 unspecified atom stereocenters. The van der Waals surface area contributed by atoms with Gasteiger partial charge in [-0.15, -0.1) is 5.10 Å². The van der Waals surface area contributed by atoms with Gasteiger partial charge in [-0.05, 0) is 67.3 Å². The minimum atomic E-state index is -4.32. The zero-order valence-electron chi connectivity index (χ0n) is 20.1. The number of pyridine rings is 1. The van der Waals surface area contributed by atoms with Gasteiger partial charge in [0.25, 0.3) is 5.90 Å². The largest absolute Gasteiger partial charge is 0.459 e. The molecule has 188 valence electrons. The van der Waals surface area contributed by atoms with Gasteiger partial charge in [-0.1, -0.05) is 20.8 Å². The number of hydrazone groups is 1. The second-order valence-electron chi connectivity index (χ2n) is 9.90. The number of alkyl halides is 3. The van der Waals surface area contributed by atoms with Crippen LogP contribution in [0.2, 0.25) is 0 Å². The maximum Gasteiger partial charge on any atom is 0.405 e. The Balaban J connectivity index is 1.87. The maximum absolute atomic E-state index is 12.8. The summed E-state index contributed by atoms with van der Waals surface area (Å²) in [5.41, 5.74) is 2.75. The number of aliphatic hydroxyl groups is 1. The van der Waals surface area contributed by atoms with Crippen molar-refractivity contribution in [3.05, 3.63) is 35.0 Å². The van der Waals surface area contributed by atoms with Crippen LogP contribution >= 0.6 is 0 Å². The van der Waals surface area contributed by atoms with Crippen molar-refractivity contribution >= 4 is 22.5 Å². The second-order valence-corrected chi connectivity index (χ2v) is 9.90. The lowest BCUT2D eigenvalue weighted by molar-refractivity contribution is -0.115. The number of hydrogen-bond acceptors (Lipinski definition) is 7. The van der Waals surface area contributed by atoms with Crippen molar-refractivity contribution in [3.8, 4) is 0 Å². The van der Waals surface area contributed by atoms with E-state index in [-0.39, 0.29) is 30.2 Å². The molecule has 1 heterocycles. The summed E-state index contributed by atoms with van der Waals surface area (Å²) in [6.07, 6.45) is -1.29. The summed E-state index contributed by atoms with van der Waals surface area (Å²) in [7, 11) is 0. The normalized spacial score (nSPS) is 19.9. The number of ether oxygens (including phenoxy) is 1. The summed E-state index contributed by atoms with van der Waals surface area (Å²) in [4.78, 5) is 4.75. The van der Waals surface area contributed by atoms with Gasteiger partial charge in [-0.3, -0.25) is 5.32 Å². The van der Waals surface area contributed by atoms with Gasteiger partial charge in [0.2, 0.25) is 0 Å². The van der Waals surface area contributed by atoms with Crippen molar-refractivity contribution in [3.63, 3.8) is 0 Å². The van der Waals surface area contributed by atoms with Crippen LogP contribution < -0.4 is 16.5 Å². The van der Waals surface area contributed by atoms with Crippen LogP contribution in [0.15, 0.2) is 23.3 Å². The van der Waals surface area contributed by atoms with E-state index >= 15 is 0 Å². The smallest absolute Gasteiger partial charge is 0.405 e. The first-order valence-electron chi connectivity index (χ1n) is 11.5. The van der Waals surface area contributed by atoms with E-state index in [9.17, 15) is 18.3 Å². The number of halogens is 3. The minimum Gasteiger partial charge on any atom is -0.459 e. The van der Waals surface area contributed by atoms with Crippen LogP contribution in [0.3, 0.4) is 0 Å². The van der Waals surface area contributed by atoms with E-state index in [1.165, 1.54) is 0 Å². The first-order chi connectivity index (χ1) is 15.9. The Morgan fingerprint density at radius 1 is 1.18 bits per heavy atom. The van der Waals surface area contributed by atoms with Gasteiger partial charge in [0.15, 0.2) is 0 Å². The number of rotatable bonds is 6. The molecule has 5 N–H and O–H groups in total. The van der Waals surface area contributed by atoms with E-state index < -0.39 is 12.7 Å². The van der Waals surface area contributed by atoms with Crippen LogP contribution in [-0.2, 0) is 10.2 Å². The lowest BCUT2D eigenvalue weighted by Crippen LogP contribution is -2.36. The summed E-state index contributed by atoms with van der Waals surface area (Å²) in [5, 5.41) is 20.0. The number of anilines is 1. The number of aromatic nitrogens is 1. The molecule has 34 heavy (non-hydrogen) atoms. The third kappa shape index (κ3) is 6.73. The van der Waals surface area contributed by atoms with Crippen molar-refractivity contribution in [2.45, 2.75) is 77.1 Å². The molecular formula is C24H34F3N5O2. The van der Waals surface area contributed by atoms with Gasteiger partial charge in [0.1, 0.15) is 19.0 Å². The summed E-state index contributed by atoms with van der Waals surface area (Å²) in [6, 6.07) is 5.42. The van der Waals surface area contributed by atoms with E-state index in [0.29, 0.717) is 16.9 Å². The van der Waals surface area contributed by atoms with Crippen LogP contribution in [0.5, 0.6) is 0 Å². The Morgan fingerprint density at radius 2 is 1.85 bits per heavy atom. The highest BCUT2D eigenvalue weighted by molar-refractivity contribution is 5.97. The third-order valence-electron chi connectivity index (χ3n) is 6.04. The molecule has 1 aliphatic carbocycles. The van der Waals surface area contributed by atoms with Crippen LogP contribution in [-0.4, -0.2) is 47.6 Å². The Labute approximate surface area is 198 Å². The molecule has 1 saturated carbocycles. The number of fused-ring (bicyclic) bond motifs is 1. The van der Waals surface area contributed by atoms with E-state index in [1.807, 2.05) is 27.7 Å². The molecule has 0 bridgehead atoms. The topological polar surface area (TPSA) is 105 Å². The molecule has 10 heteroatoms. The molecule has 0 radical (unpaired) electrons.